The first-order valence-corrected chi connectivity index (χ1v) is 11.4. The molecule has 0 radical (unpaired) electrons. The van der Waals surface area contributed by atoms with Crippen LogP contribution in [0.3, 0.4) is 0 Å². The van der Waals surface area contributed by atoms with Gasteiger partial charge in [0.1, 0.15) is 17.5 Å². The van der Waals surface area contributed by atoms with Gasteiger partial charge < -0.3 is 18.9 Å². The molecule has 0 saturated carbocycles. The van der Waals surface area contributed by atoms with Gasteiger partial charge in [-0.15, -0.1) is 0 Å². The molecule has 1 unspecified atom stereocenters. The van der Waals surface area contributed by atoms with Gasteiger partial charge in [0.15, 0.2) is 22.4 Å². The van der Waals surface area contributed by atoms with Gasteiger partial charge in [-0.05, 0) is 12.1 Å². The average Bonchev–Trinajstić information content (AvgIpc) is 2.79. The molecule has 0 N–H and O–H groups in total. The third-order valence-corrected chi connectivity index (χ3v) is 7.82. The molecule has 166 valence electrons. The molecular weight excluding hydrogens is 426 g/mol. The summed E-state index contributed by atoms with van der Waals surface area (Å²) in [6, 6.07) is 17.0. The van der Waals surface area contributed by atoms with Gasteiger partial charge in [-0.2, -0.15) is 0 Å². The van der Waals surface area contributed by atoms with Crippen molar-refractivity contribution in [1.82, 2.24) is 0 Å². The Hall–Kier alpha value is -2.37. The number of methoxy groups -OCH3 is 1. The molecule has 2 aromatic carbocycles. The van der Waals surface area contributed by atoms with Gasteiger partial charge in [0, 0.05) is 17.6 Å². The molecule has 2 saturated heterocycles. The van der Waals surface area contributed by atoms with Crippen LogP contribution in [0.2, 0.25) is 0 Å². The maximum atomic E-state index is 13.7. The zero-order valence-corrected chi connectivity index (χ0v) is 17.6. The minimum atomic E-state index is -4.02. The van der Waals surface area contributed by atoms with Gasteiger partial charge in [0.05, 0.1) is 17.4 Å². The van der Waals surface area contributed by atoms with E-state index in [9.17, 15) is 18.5 Å². The summed E-state index contributed by atoms with van der Waals surface area (Å²) in [7, 11) is -2.69. The molecule has 9 nitrogen and oxygen atoms in total. The van der Waals surface area contributed by atoms with E-state index in [-0.39, 0.29) is 11.5 Å². The first-order chi connectivity index (χ1) is 14.9. The van der Waals surface area contributed by atoms with Crippen molar-refractivity contribution < 1.29 is 32.3 Å². The van der Waals surface area contributed by atoms with Crippen molar-refractivity contribution in [2.24, 2.45) is 5.92 Å². The molecule has 2 aromatic rings. The fraction of sp³-hybridized carbons (Fsp3) is 0.429. The average molecular weight is 449 g/mol. The zero-order valence-electron chi connectivity index (χ0n) is 16.8. The Bertz CT molecular complexity index is 1000. The van der Waals surface area contributed by atoms with Crippen LogP contribution in [-0.4, -0.2) is 57.4 Å². The fourth-order valence-corrected chi connectivity index (χ4v) is 6.29. The number of hydrogen-bond acceptors (Lipinski definition) is 8. The molecular formula is C21H23NO8S. The molecule has 0 spiro atoms. The van der Waals surface area contributed by atoms with Gasteiger partial charge >= 0.3 is 0 Å². The summed E-state index contributed by atoms with van der Waals surface area (Å²) in [5.41, 5.74) is 0.719. The zero-order chi connectivity index (χ0) is 22.0. The van der Waals surface area contributed by atoms with Crippen LogP contribution < -0.4 is 0 Å². The van der Waals surface area contributed by atoms with E-state index in [1.165, 1.54) is 19.2 Å². The highest BCUT2D eigenvalue weighted by Crippen LogP contribution is 2.41. The number of rotatable bonds is 6. The molecule has 2 fully saturated rings. The number of sulfone groups is 1. The lowest BCUT2D eigenvalue weighted by Crippen LogP contribution is -2.63. The van der Waals surface area contributed by atoms with Crippen LogP contribution in [0.15, 0.2) is 65.6 Å². The van der Waals surface area contributed by atoms with E-state index >= 15 is 0 Å². The summed E-state index contributed by atoms with van der Waals surface area (Å²) >= 11 is 0. The molecule has 0 amide bonds. The highest BCUT2D eigenvalue weighted by molar-refractivity contribution is 7.92. The highest BCUT2D eigenvalue weighted by atomic mass is 32.2. The third kappa shape index (κ3) is 4.35. The van der Waals surface area contributed by atoms with E-state index in [1.807, 2.05) is 30.3 Å². The van der Waals surface area contributed by atoms with Crippen molar-refractivity contribution in [1.29, 1.82) is 0 Å². The SMILES string of the molecule is CO[C@@H]1O[C@@H]2COC(c3ccccc3)O[C@H]2[C@H](S(=O)(=O)c2ccccc2)[C@H]1C[N+](=O)[O-]. The first-order valence-electron chi connectivity index (χ1n) is 9.83. The summed E-state index contributed by atoms with van der Waals surface area (Å²) in [5, 5.41) is 10.2. The van der Waals surface area contributed by atoms with Crippen LogP contribution in [0, 0.1) is 16.0 Å². The second-order valence-electron chi connectivity index (χ2n) is 7.46. The van der Waals surface area contributed by atoms with E-state index in [2.05, 4.69) is 0 Å². The summed E-state index contributed by atoms with van der Waals surface area (Å²) < 4.78 is 50.4. The highest BCUT2D eigenvalue weighted by Gasteiger charge is 2.57. The minimum Gasteiger partial charge on any atom is -0.355 e. The van der Waals surface area contributed by atoms with E-state index in [4.69, 9.17) is 18.9 Å². The van der Waals surface area contributed by atoms with Gasteiger partial charge in [-0.25, -0.2) is 8.42 Å². The monoisotopic (exact) mass is 449 g/mol. The molecule has 0 aliphatic carbocycles. The number of nitrogens with zero attached hydrogens (tertiary/aromatic N) is 1. The lowest BCUT2D eigenvalue weighted by Gasteiger charge is -2.47. The summed E-state index contributed by atoms with van der Waals surface area (Å²) in [6.07, 6.45) is -3.62. The maximum absolute atomic E-state index is 13.7. The standard InChI is InChI=1S/C21H23NO8S/c1-27-21-16(12-22(23)24)19(31(25,26)15-10-6-3-7-11-15)18-17(29-21)13-28-20(30-18)14-8-4-2-5-9-14/h2-11,16-21H,12-13H2,1H3/t16-,17-,18-,19-,20?,21-/m1/s1. The number of benzene rings is 2. The van der Waals surface area contributed by atoms with Crippen molar-refractivity contribution in [3.05, 3.63) is 76.3 Å². The molecule has 6 atom stereocenters. The van der Waals surface area contributed by atoms with Crippen LogP contribution in [0.5, 0.6) is 0 Å². The molecule has 2 aliphatic heterocycles. The Balaban J connectivity index is 1.76. The predicted molar refractivity (Wildman–Crippen MR) is 108 cm³/mol. The number of nitro groups is 1. The summed E-state index contributed by atoms with van der Waals surface area (Å²) in [6.45, 7) is -0.575. The Morgan fingerprint density at radius 2 is 1.71 bits per heavy atom. The molecule has 10 heteroatoms. The smallest absolute Gasteiger partial charge is 0.212 e. The number of fused-ring (bicyclic) bond motifs is 1. The Morgan fingerprint density at radius 3 is 2.32 bits per heavy atom. The summed E-state index contributed by atoms with van der Waals surface area (Å²) in [5.74, 6) is -1.07. The number of hydrogen-bond donors (Lipinski definition) is 0. The normalized spacial score (nSPS) is 31.0. The van der Waals surface area contributed by atoms with Gasteiger partial charge in [0.2, 0.25) is 6.54 Å². The lowest BCUT2D eigenvalue weighted by atomic mass is 9.92. The fourth-order valence-electron chi connectivity index (χ4n) is 4.18. The minimum absolute atomic E-state index is 0.0650. The predicted octanol–water partition coefficient (Wildman–Crippen LogP) is 2.21. The third-order valence-electron chi connectivity index (χ3n) is 5.56. The second-order valence-corrected chi connectivity index (χ2v) is 9.56. The van der Waals surface area contributed by atoms with Crippen LogP contribution in [0.1, 0.15) is 11.9 Å². The molecule has 31 heavy (non-hydrogen) atoms. The van der Waals surface area contributed by atoms with E-state index < -0.39 is 57.3 Å². The number of ether oxygens (including phenoxy) is 4. The quantitative estimate of drug-likeness (QED) is 0.487. The topological polar surface area (TPSA) is 114 Å². The van der Waals surface area contributed by atoms with Crippen LogP contribution in [0.4, 0.5) is 0 Å². The molecule has 4 rings (SSSR count). The van der Waals surface area contributed by atoms with Crippen molar-refractivity contribution in [2.75, 3.05) is 20.3 Å². The lowest BCUT2D eigenvalue weighted by molar-refractivity contribution is -0.498. The van der Waals surface area contributed by atoms with Gasteiger partial charge in [0.25, 0.3) is 0 Å². The van der Waals surface area contributed by atoms with E-state index in [0.717, 1.165) is 5.56 Å². The van der Waals surface area contributed by atoms with Crippen LogP contribution in [-0.2, 0) is 28.8 Å². The second kappa shape index (κ2) is 9.01. The van der Waals surface area contributed by atoms with Crippen molar-refractivity contribution >= 4 is 9.84 Å². The Labute approximate surface area is 179 Å². The van der Waals surface area contributed by atoms with Gasteiger partial charge in [-0.1, -0.05) is 48.5 Å². The van der Waals surface area contributed by atoms with Gasteiger partial charge in [-0.3, -0.25) is 10.1 Å². The van der Waals surface area contributed by atoms with Crippen molar-refractivity contribution in [3.8, 4) is 0 Å². The molecule has 2 heterocycles. The molecule has 2 aliphatic rings. The largest absolute Gasteiger partial charge is 0.355 e. The van der Waals surface area contributed by atoms with Crippen molar-refractivity contribution in [2.45, 2.75) is 34.9 Å². The molecule has 0 aromatic heterocycles. The molecule has 0 bridgehead atoms. The summed E-state index contributed by atoms with van der Waals surface area (Å²) in [4.78, 5) is 10.9. The van der Waals surface area contributed by atoms with Crippen molar-refractivity contribution in [3.63, 3.8) is 0 Å². The maximum Gasteiger partial charge on any atom is 0.212 e. The first kappa shape index (κ1) is 21.8. The van der Waals surface area contributed by atoms with E-state index in [0.29, 0.717) is 0 Å². The van der Waals surface area contributed by atoms with E-state index in [1.54, 1.807) is 18.2 Å². The van der Waals surface area contributed by atoms with Crippen LogP contribution in [0.25, 0.3) is 0 Å². The Morgan fingerprint density at radius 1 is 1.06 bits per heavy atom. The Kier molecular flexibility index (Phi) is 6.35. The van der Waals surface area contributed by atoms with Crippen LogP contribution >= 0.6 is 0 Å².